The van der Waals surface area contributed by atoms with Gasteiger partial charge in [0.25, 0.3) is 0 Å². The fourth-order valence-electron chi connectivity index (χ4n) is 7.57. The van der Waals surface area contributed by atoms with Crippen LogP contribution in [0.15, 0.2) is 0 Å². The number of carbonyl (C=O) groups excluding carboxylic acids is 4. The monoisotopic (exact) mass is 501 g/mol. The zero-order valence-corrected chi connectivity index (χ0v) is 22.0. The van der Waals surface area contributed by atoms with Gasteiger partial charge in [-0.05, 0) is 68.6 Å². The molecule has 200 valence electrons. The van der Waals surface area contributed by atoms with E-state index in [0.29, 0.717) is 25.8 Å². The van der Waals surface area contributed by atoms with Gasteiger partial charge in [0.1, 0.15) is 6.10 Å². The molecular formula is C29H43NO6. The van der Waals surface area contributed by atoms with Crippen LogP contribution in [0.25, 0.3) is 0 Å². The molecule has 5 rings (SSSR count). The number of hydrogen-bond acceptors (Lipinski definition) is 6. The summed E-state index contributed by atoms with van der Waals surface area (Å²) in [7, 11) is 1.40. The number of Topliss-reactive ketones (excluding diaryl/α,β-unsaturated/α-hetero) is 1. The molecule has 0 N–H and O–H groups in total. The molecule has 2 saturated heterocycles. The number of ketones is 1. The molecule has 7 heteroatoms. The maximum atomic E-state index is 13.8. The summed E-state index contributed by atoms with van der Waals surface area (Å²) in [5.74, 6) is 0.787. The van der Waals surface area contributed by atoms with E-state index in [9.17, 15) is 19.2 Å². The van der Waals surface area contributed by atoms with Crippen molar-refractivity contribution >= 4 is 23.6 Å². The number of methoxy groups -OCH3 is 1. The van der Waals surface area contributed by atoms with Gasteiger partial charge in [-0.3, -0.25) is 19.2 Å². The molecule has 36 heavy (non-hydrogen) atoms. The lowest BCUT2D eigenvalue weighted by Crippen LogP contribution is -2.45. The molecule has 0 aromatic heterocycles. The Labute approximate surface area is 215 Å². The fraction of sp³-hybridized carbons (Fsp3) is 0.862. The summed E-state index contributed by atoms with van der Waals surface area (Å²) < 4.78 is 10.9. The maximum absolute atomic E-state index is 13.8. The van der Waals surface area contributed by atoms with Crippen LogP contribution in [0.5, 0.6) is 0 Å². The summed E-state index contributed by atoms with van der Waals surface area (Å²) in [6.45, 7) is 2.60. The van der Waals surface area contributed by atoms with Crippen LogP contribution in [0.2, 0.25) is 0 Å². The van der Waals surface area contributed by atoms with Crippen molar-refractivity contribution in [1.82, 2.24) is 4.90 Å². The first-order chi connectivity index (χ1) is 17.3. The fourth-order valence-corrected chi connectivity index (χ4v) is 7.57. The summed E-state index contributed by atoms with van der Waals surface area (Å²) in [6, 6.07) is -0.513. The van der Waals surface area contributed by atoms with Crippen LogP contribution in [-0.4, -0.2) is 54.3 Å². The molecule has 2 heterocycles. The molecule has 0 aromatic carbocycles. The summed E-state index contributed by atoms with van der Waals surface area (Å²) >= 11 is 0. The second-order valence-corrected chi connectivity index (χ2v) is 12.6. The molecule has 0 spiro atoms. The van der Waals surface area contributed by atoms with Gasteiger partial charge in [0.05, 0.1) is 25.0 Å². The molecule has 0 radical (unpaired) electrons. The number of rotatable bonds is 4. The second kappa shape index (κ2) is 10.4. The molecular weight excluding hydrogens is 458 g/mol. The van der Waals surface area contributed by atoms with Crippen LogP contribution in [0, 0.1) is 35.0 Å². The van der Waals surface area contributed by atoms with E-state index in [1.54, 1.807) is 4.90 Å². The highest BCUT2D eigenvalue weighted by atomic mass is 16.5. The molecule has 3 saturated carbocycles. The zero-order chi connectivity index (χ0) is 25.4. The van der Waals surface area contributed by atoms with Crippen molar-refractivity contribution < 1.29 is 28.7 Å². The van der Waals surface area contributed by atoms with E-state index in [-0.39, 0.29) is 54.4 Å². The lowest BCUT2D eigenvalue weighted by atomic mass is 9.90. The highest BCUT2D eigenvalue weighted by molar-refractivity contribution is 5.95. The number of carbonyl (C=O) groups is 4. The molecule has 1 amide bonds. The zero-order valence-electron chi connectivity index (χ0n) is 22.0. The van der Waals surface area contributed by atoms with Gasteiger partial charge in [0.2, 0.25) is 5.91 Å². The molecule has 7 nitrogen and oxygen atoms in total. The minimum atomic E-state index is -0.711. The third-order valence-corrected chi connectivity index (χ3v) is 9.84. The Balaban J connectivity index is 1.30. The van der Waals surface area contributed by atoms with Crippen LogP contribution < -0.4 is 0 Å². The highest BCUT2D eigenvalue weighted by Crippen LogP contribution is 2.59. The molecule has 8 atom stereocenters. The quantitative estimate of drug-likeness (QED) is 0.529. The number of ether oxygens (including phenoxy) is 2. The predicted molar refractivity (Wildman–Crippen MR) is 133 cm³/mol. The SMILES string of the molecule is COC(=O)[C@]12CC(=O)[C@@H]3C[C@H](C)CN3C(=O)[C@@H](CC(=O)OC3C[C@@H]4C[C@@H]4C3)CCCCCCC[C@@H]1C2. The van der Waals surface area contributed by atoms with E-state index in [4.69, 9.17) is 9.47 Å². The molecule has 5 fully saturated rings. The average molecular weight is 502 g/mol. The number of amides is 1. The normalized spacial score (nSPS) is 40.8. The Bertz CT molecular complexity index is 877. The van der Waals surface area contributed by atoms with E-state index < -0.39 is 17.4 Å². The van der Waals surface area contributed by atoms with Crippen molar-refractivity contribution in [3.05, 3.63) is 0 Å². The molecule has 5 aliphatic rings. The average Bonchev–Trinajstić information content (AvgIpc) is 3.65. The first-order valence-electron chi connectivity index (χ1n) is 14.4. The van der Waals surface area contributed by atoms with E-state index >= 15 is 0 Å². The standard InChI is InChI=1S/C29H43NO6/c1-18-10-24-25(31)16-29(28(34)35-2)15-22(29)9-7-5-3-4-6-8-19(27(33)30(24)17-18)14-26(32)36-23-12-20-11-21(20)13-23/h18-24H,3-17H2,1-2H3/t18-,19+,20-,21+,22+,23?,24-,29+/m0/s1. The second-order valence-electron chi connectivity index (χ2n) is 12.6. The van der Waals surface area contributed by atoms with Crippen molar-refractivity contribution in [3.8, 4) is 0 Å². The van der Waals surface area contributed by atoms with Crippen molar-refractivity contribution in [3.63, 3.8) is 0 Å². The third kappa shape index (κ3) is 5.35. The van der Waals surface area contributed by atoms with Crippen LogP contribution in [0.3, 0.4) is 0 Å². The first kappa shape index (κ1) is 25.7. The number of fused-ring (bicyclic) bond motifs is 3. The maximum Gasteiger partial charge on any atom is 0.312 e. The summed E-state index contributed by atoms with van der Waals surface area (Å²) in [4.78, 5) is 54.7. The van der Waals surface area contributed by atoms with Crippen molar-refractivity contribution in [2.45, 2.75) is 109 Å². The topological polar surface area (TPSA) is 90.0 Å². The summed E-state index contributed by atoms with van der Waals surface area (Å²) in [5, 5.41) is 0. The largest absolute Gasteiger partial charge is 0.469 e. The van der Waals surface area contributed by atoms with Crippen LogP contribution in [0.4, 0.5) is 0 Å². The molecule has 0 aromatic rings. The Morgan fingerprint density at radius 1 is 0.972 bits per heavy atom. The van der Waals surface area contributed by atoms with Gasteiger partial charge in [-0.1, -0.05) is 39.0 Å². The lowest BCUT2D eigenvalue weighted by molar-refractivity contribution is -0.155. The van der Waals surface area contributed by atoms with Crippen LogP contribution in [0.1, 0.15) is 96.8 Å². The Hall–Kier alpha value is -1.92. The van der Waals surface area contributed by atoms with Gasteiger partial charge >= 0.3 is 11.9 Å². The Morgan fingerprint density at radius 3 is 2.39 bits per heavy atom. The Morgan fingerprint density at radius 2 is 1.67 bits per heavy atom. The van der Waals surface area contributed by atoms with E-state index in [1.807, 2.05) is 0 Å². The molecule has 3 aliphatic carbocycles. The Kier molecular flexibility index (Phi) is 7.46. The van der Waals surface area contributed by atoms with Gasteiger partial charge in [-0.2, -0.15) is 0 Å². The highest BCUT2D eigenvalue weighted by Gasteiger charge is 2.62. The van der Waals surface area contributed by atoms with E-state index in [2.05, 4.69) is 6.92 Å². The van der Waals surface area contributed by atoms with Gasteiger partial charge < -0.3 is 14.4 Å². The molecule has 2 aliphatic heterocycles. The predicted octanol–water partition coefficient (Wildman–Crippen LogP) is 4.45. The van der Waals surface area contributed by atoms with Gasteiger partial charge in [-0.25, -0.2) is 0 Å². The lowest BCUT2D eigenvalue weighted by Gasteiger charge is -2.29. The smallest absolute Gasteiger partial charge is 0.312 e. The first-order valence-corrected chi connectivity index (χ1v) is 14.4. The van der Waals surface area contributed by atoms with Gasteiger partial charge in [0, 0.05) is 18.9 Å². The van der Waals surface area contributed by atoms with Crippen molar-refractivity contribution in [2.75, 3.05) is 13.7 Å². The van der Waals surface area contributed by atoms with E-state index in [1.165, 1.54) is 13.5 Å². The number of hydrogen-bond donors (Lipinski definition) is 0. The molecule has 0 bridgehead atoms. The minimum absolute atomic E-state index is 0.0146. The van der Waals surface area contributed by atoms with Crippen LogP contribution in [-0.2, 0) is 28.7 Å². The summed E-state index contributed by atoms with van der Waals surface area (Å²) in [6.07, 6.45) is 11.5. The number of nitrogens with zero attached hydrogens (tertiary/aromatic N) is 1. The van der Waals surface area contributed by atoms with E-state index in [0.717, 1.165) is 63.2 Å². The minimum Gasteiger partial charge on any atom is -0.469 e. The van der Waals surface area contributed by atoms with Gasteiger partial charge in [-0.15, -0.1) is 0 Å². The third-order valence-electron chi connectivity index (χ3n) is 9.84. The van der Waals surface area contributed by atoms with Gasteiger partial charge in [0.15, 0.2) is 5.78 Å². The summed E-state index contributed by atoms with van der Waals surface area (Å²) in [5.41, 5.74) is -0.711. The van der Waals surface area contributed by atoms with Crippen LogP contribution >= 0.6 is 0 Å². The number of esters is 2. The molecule has 1 unspecified atom stereocenters. The van der Waals surface area contributed by atoms with Crippen molar-refractivity contribution in [2.24, 2.45) is 35.0 Å². The van der Waals surface area contributed by atoms with Crippen molar-refractivity contribution in [1.29, 1.82) is 0 Å².